The third-order valence-corrected chi connectivity index (χ3v) is 3.01. The highest BCUT2D eigenvalue weighted by Crippen LogP contribution is 2.39. The van der Waals surface area contributed by atoms with E-state index in [-0.39, 0.29) is 5.88 Å². The van der Waals surface area contributed by atoms with Crippen LogP contribution in [0.15, 0.2) is 0 Å². The van der Waals surface area contributed by atoms with E-state index in [9.17, 15) is 5.11 Å². The number of hydrogen-bond donors (Lipinski definition) is 1. The summed E-state index contributed by atoms with van der Waals surface area (Å²) >= 11 is 0. The molecule has 1 heterocycles. The van der Waals surface area contributed by atoms with Gasteiger partial charge in [0.05, 0.1) is 20.3 Å². The average Bonchev–Trinajstić information content (AvgIpc) is 2.36. The lowest BCUT2D eigenvalue weighted by Gasteiger charge is -2.24. The summed E-state index contributed by atoms with van der Waals surface area (Å²) in [5, 5.41) is 19.1. The molecule has 2 rings (SSSR count). The van der Waals surface area contributed by atoms with Crippen molar-refractivity contribution in [2.75, 3.05) is 14.2 Å². The Morgan fingerprint density at radius 3 is 2.65 bits per heavy atom. The Hall–Kier alpha value is -1.80. The Labute approximate surface area is 99.6 Å². The summed E-state index contributed by atoms with van der Waals surface area (Å²) in [6.45, 7) is 0. The molecule has 1 aliphatic carbocycles. The molecule has 1 aromatic heterocycles. The van der Waals surface area contributed by atoms with Crippen LogP contribution in [0.25, 0.3) is 0 Å². The van der Waals surface area contributed by atoms with Crippen LogP contribution in [0.5, 0.6) is 11.8 Å². The first-order chi connectivity index (χ1) is 8.22. The van der Waals surface area contributed by atoms with E-state index in [1.165, 1.54) is 14.2 Å². The fourth-order valence-corrected chi connectivity index (χ4v) is 2.24. The van der Waals surface area contributed by atoms with Crippen molar-refractivity contribution in [2.45, 2.75) is 25.4 Å². The average molecular weight is 234 g/mol. The molecule has 0 saturated carbocycles. The summed E-state index contributed by atoms with van der Waals surface area (Å²) in [6.07, 6.45) is 1.64. The predicted octanol–water partition coefficient (Wildman–Crippen LogP) is 1.34. The van der Waals surface area contributed by atoms with Gasteiger partial charge in [-0.05, 0) is 24.8 Å². The van der Waals surface area contributed by atoms with Crippen molar-refractivity contribution in [3.8, 4) is 17.8 Å². The molecular formula is C12H14N2O3. The summed E-state index contributed by atoms with van der Waals surface area (Å²) < 4.78 is 10.2. The summed E-state index contributed by atoms with van der Waals surface area (Å²) in [5.74, 6) is 0.611. The van der Waals surface area contributed by atoms with Crippen LogP contribution in [0.1, 0.15) is 35.6 Å². The maximum Gasteiger partial charge on any atom is 0.235 e. The van der Waals surface area contributed by atoms with Gasteiger partial charge >= 0.3 is 0 Å². The van der Waals surface area contributed by atoms with Crippen LogP contribution >= 0.6 is 0 Å². The minimum absolute atomic E-state index is 0.261. The summed E-state index contributed by atoms with van der Waals surface area (Å²) in [5.41, 5.74) is 1.84. The van der Waals surface area contributed by atoms with E-state index >= 15 is 0 Å². The Kier molecular flexibility index (Phi) is 3.16. The second-order valence-electron chi connectivity index (χ2n) is 3.92. The molecule has 1 aliphatic rings. The van der Waals surface area contributed by atoms with Crippen LogP contribution in [-0.4, -0.2) is 24.3 Å². The normalized spacial score (nSPS) is 18.1. The van der Waals surface area contributed by atoms with E-state index in [2.05, 4.69) is 11.1 Å². The van der Waals surface area contributed by atoms with Crippen molar-refractivity contribution >= 4 is 0 Å². The molecule has 1 atom stereocenters. The van der Waals surface area contributed by atoms with Gasteiger partial charge in [0.15, 0.2) is 0 Å². The molecule has 0 amide bonds. The van der Waals surface area contributed by atoms with Gasteiger partial charge in [-0.15, -0.1) is 0 Å². The third-order valence-electron chi connectivity index (χ3n) is 3.01. The first kappa shape index (κ1) is 11.7. The van der Waals surface area contributed by atoms with Crippen LogP contribution in [0.4, 0.5) is 0 Å². The number of methoxy groups -OCH3 is 2. The quantitative estimate of drug-likeness (QED) is 0.835. The molecule has 90 valence electrons. The number of aliphatic hydroxyl groups excluding tert-OH is 1. The fraction of sp³-hybridized carbons (Fsp3) is 0.500. The van der Waals surface area contributed by atoms with Crippen molar-refractivity contribution in [2.24, 2.45) is 0 Å². The highest BCUT2D eigenvalue weighted by Gasteiger charge is 2.28. The van der Waals surface area contributed by atoms with Gasteiger partial charge in [0.25, 0.3) is 0 Å². The van der Waals surface area contributed by atoms with Crippen LogP contribution in [0.2, 0.25) is 0 Å². The van der Waals surface area contributed by atoms with Gasteiger partial charge < -0.3 is 14.6 Å². The van der Waals surface area contributed by atoms with Crippen molar-refractivity contribution in [1.29, 1.82) is 5.26 Å². The number of rotatable bonds is 2. The number of nitrogens with zero attached hydrogens (tertiary/aromatic N) is 2. The maximum atomic E-state index is 9.99. The monoisotopic (exact) mass is 234 g/mol. The topological polar surface area (TPSA) is 75.4 Å². The van der Waals surface area contributed by atoms with Crippen molar-refractivity contribution in [3.05, 3.63) is 16.7 Å². The molecule has 0 fully saturated rings. The lowest BCUT2D eigenvalue weighted by Crippen LogP contribution is -2.15. The zero-order chi connectivity index (χ0) is 12.4. The fourth-order valence-electron chi connectivity index (χ4n) is 2.24. The highest BCUT2D eigenvalue weighted by atomic mass is 16.5. The van der Waals surface area contributed by atoms with Gasteiger partial charge in [0.1, 0.15) is 11.6 Å². The number of hydrogen-bond acceptors (Lipinski definition) is 5. The Morgan fingerprint density at radius 1 is 1.35 bits per heavy atom. The van der Waals surface area contributed by atoms with Crippen molar-refractivity contribution in [1.82, 2.24) is 4.98 Å². The molecule has 1 N–H and O–H groups in total. The minimum atomic E-state index is -0.612. The summed E-state index contributed by atoms with van der Waals surface area (Å²) in [4.78, 5) is 4.12. The number of aromatic nitrogens is 1. The maximum absolute atomic E-state index is 9.99. The molecule has 0 spiro atoms. The van der Waals surface area contributed by atoms with E-state index in [1.807, 2.05) is 0 Å². The molecule has 0 aromatic carbocycles. The lowest BCUT2D eigenvalue weighted by atomic mass is 9.87. The van der Waals surface area contributed by atoms with Gasteiger partial charge in [0.2, 0.25) is 11.8 Å². The van der Waals surface area contributed by atoms with Gasteiger partial charge in [0, 0.05) is 5.56 Å². The molecule has 1 aromatic rings. The second kappa shape index (κ2) is 4.60. The zero-order valence-corrected chi connectivity index (χ0v) is 9.86. The molecule has 0 radical (unpaired) electrons. The first-order valence-corrected chi connectivity index (χ1v) is 5.45. The standard InChI is InChI=1S/C12H14N2O3/c1-16-11-8(6-13)7-4-3-5-9(15)10(7)12(14-11)17-2/h9,15H,3-5H2,1-2H3. The van der Waals surface area contributed by atoms with Crippen LogP contribution in [-0.2, 0) is 6.42 Å². The molecule has 5 heteroatoms. The van der Waals surface area contributed by atoms with E-state index < -0.39 is 6.10 Å². The smallest absolute Gasteiger partial charge is 0.235 e. The Morgan fingerprint density at radius 2 is 2.06 bits per heavy atom. The van der Waals surface area contributed by atoms with Crippen LogP contribution < -0.4 is 9.47 Å². The third kappa shape index (κ3) is 1.81. The number of pyridine rings is 1. The Bertz CT molecular complexity index is 480. The Balaban J connectivity index is 2.71. The van der Waals surface area contributed by atoms with E-state index in [1.54, 1.807) is 0 Å². The van der Waals surface area contributed by atoms with E-state index in [0.29, 0.717) is 23.4 Å². The number of fused-ring (bicyclic) bond motifs is 1. The number of ether oxygens (including phenoxy) is 2. The molecule has 1 unspecified atom stereocenters. The first-order valence-electron chi connectivity index (χ1n) is 5.45. The summed E-state index contributed by atoms with van der Waals surface area (Å²) in [7, 11) is 2.96. The highest BCUT2D eigenvalue weighted by molar-refractivity contribution is 5.54. The van der Waals surface area contributed by atoms with Crippen molar-refractivity contribution in [3.63, 3.8) is 0 Å². The van der Waals surface area contributed by atoms with Crippen molar-refractivity contribution < 1.29 is 14.6 Å². The zero-order valence-electron chi connectivity index (χ0n) is 9.86. The number of nitriles is 1. The molecular weight excluding hydrogens is 220 g/mol. The lowest BCUT2D eigenvalue weighted by molar-refractivity contribution is 0.150. The molecule has 0 aliphatic heterocycles. The van der Waals surface area contributed by atoms with Crippen LogP contribution in [0, 0.1) is 11.3 Å². The molecule has 0 bridgehead atoms. The van der Waals surface area contributed by atoms with Crippen LogP contribution in [0.3, 0.4) is 0 Å². The van der Waals surface area contributed by atoms with E-state index in [4.69, 9.17) is 14.7 Å². The van der Waals surface area contributed by atoms with E-state index in [0.717, 1.165) is 18.4 Å². The minimum Gasteiger partial charge on any atom is -0.481 e. The molecule has 5 nitrogen and oxygen atoms in total. The van der Waals surface area contributed by atoms with Gasteiger partial charge in [-0.3, -0.25) is 0 Å². The second-order valence-corrected chi connectivity index (χ2v) is 3.92. The largest absolute Gasteiger partial charge is 0.481 e. The van der Waals surface area contributed by atoms with Gasteiger partial charge in [-0.1, -0.05) is 0 Å². The SMILES string of the molecule is COc1nc(OC)c2c(c1C#N)CCCC2O. The van der Waals surface area contributed by atoms with Gasteiger partial charge in [-0.25, -0.2) is 0 Å². The predicted molar refractivity (Wildman–Crippen MR) is 60.0 cm³/mol. The number of aliphatic hydroxyl groups is 1. The molecule has 17 heavy (non-hydrogen) atoms. The van der Waals surface area contributed by atoms with Gasteiger partial charge in [-0.2, -0.15) is 10.2 Å². The summed E-state index contributed by atoms with van der Waals surface area (Å²) in [6, 6.07) is 2.09. The molecule has 0 saturated heterocycles.